The molecule has 74 heavy (non-hydrogen) atoms. The fraction of sp³-hybridized carbons (Fsp3) is 0.879. The molecular formula is C58H102N2O14. The predicted molar refractivity (Wildman–Crippen MR) is 285 cm³/mol. The maximum atomic E-state index is 13.9. The fourth-order valence-corrected chi connectivity index (χ4v) is 9.41. The summed E-state index contributed by atoms with van der Waals surface area (Å²) in [6, 6.07) is -1.16. The summed E-state index contributed by atoms with van der Waals surface area (Å²) in [7, 11) is 1.95. The third-order valence-electron chi connectivity index (χ3n) is 14.1. The van der Waals surface area contributed by atoms with Crippen LogP contribution < -0.4 is 0 Å². The zero-order valence-electron chi connectivity index (χ0n) is 47.0. The van der Waals surface area contributed by atoms with E-state index in [2.05, 4.69) is 32.6 Å². The summed E-state index contributed by atoms with van der Waals surface area (Å²) in [6.07, 6.45) is 26.0. The molecule has 0 saturated carbocycles. The van der Waals surface area contributed by atoms with Gasteiger partial charge in [0.25, 0.3) is 0 Å². The lowest BCUT2D eigenvalue weighted by Gasteiger charge is -2.30. The molecule has 1 unspecified atom stereocenters. The number of likely N-dealkylation sites (N-methyl/N-ethyl adjacent to an activating group) is 1. The Hall–Kier alpha value is -3.95. The fourth-order valence-electron chi connectivity index (χ4n) is 9.41. The number of carbonyl (C=O) groups excluding carboxylic acids is 7. The molecule has 2 heterocycles. The second-order valence-corrected chi connectivity index (χ2v) is 21.2. The van der Waals surface area contributed by atoms with Crippen molar-refractivity contribution in [3.63, 3.8) is 0 Å². The van der Waals surface area contributed by atoms with Gasteiger partial charge in [0.15, 0.2) is 0 Å². The number of amides is 1. The Morgan fingerprint density at radius 2 is 0.716 bits per heavy atom. The van der Waals surface area contributed by atoms with E-state index in [1.54, 1.807) is 0 Å². The Morgan fingerprint density at radius 3 is 1.01 bits per heavy atom. The van der Waals surface area contributed by atoms with Crippen molar-refractivity contribution in [1.82, 2.24) is 9.80 Å². The van der Waals surface area contributed by atoms with Crippen LogP contribution in [0.2, 0.25) is 0 Å². The predicted octanol–water partition coefficient (Wildman–Crippen LogP) is 11.9. The third-order valence-corrected chi connectivity index (χ3v) is 14.1. The van der Waals surface area contributed by atoms with Gasteiger partial charge in [-0.3, -0.25) is 33.7 Å². The first kappa shape index (κ1) is 66.2. The summed E-state index contributed by atoms with van der Waals surface area (Å²) in [6.45, 7) is 9.24. The van der Waals surface area contributed by atoms with Crippen molar-refractivity contribution < 1.29 is 66.7 Å². The van der Waals surface area contributed by atoms with Gasteiger partial charge in [0.05, 0.1) is 51.4 Å². The van der Waals surface area contributed by atoms with E-state index in [1.165, 1.54) is 30.6 Å². The van der Waals surface area contributed by atoms with Crippen LogP contribution in [0.1, 0.15) is 240 Å². The van der Waals surface area contributed by atoms with E-state index in [0.29, 0.717) is 51.5 Å². The number of nitrogens with zero attached hydrogens (tertiary/aromatic N) is 2. The Labute approximate surface area is 446 Å². The van der Waals surface area contributed by atoms with E-state index < -0.39 is 42.0 Å². The molecule has 0 radical (unpaired) electrons. The minimum atomic E-state index is -0.628. The number of hydrogen-bond donors (Lipinski definition) is 0. The maximum Gasteiger partial charge on any atom is 0.410 e. The van der Waals surface area contributed by atoms with Crippen LogP contribution in [0.15, 0.2) is 0 Å². The van der Waals surface area contributed by atoms with Crippen LogP contribution in [-0.2, 0) is 61.9 Å². The molecule has 0 bridgehead atoms. The normalized spacial score (nSPS) is 16.6. The molecule has 1 amide bonds. The van der Waals surface area contributed by atoms with Crippen LogP contribution in [0.5, 0.6) is 0 Å². The molecule has 2 fully saturated rings. The summed E-state index contributed by atoms with van der Waals surface area (Å²) >= 11 is 0. The monoisotopic (exact) mass is 1050 g/mol. The molecular weight excluding hydrogens is 949 g/mol. The second kappa shape index (κ2) is 43.2. The summed E-state index contributed by atoms with van der Waals surface area (Å²) in [5.74, 6) is -3.90. The SMILES string of the molecule is CCCCCCCCC(=O)OCC(COC(=O)CCCCCCCC)CC(=O)OC[C@H]1CC[C@@H](COC(=O)CC(COC(=O)CCCCCCCC)COC(=O)CCCCCCCC)N1C(=O)OC1CCN(C)C1. The first-order chi connectivity index (χ1) is 35.9. The van der Waals surface area contributed by atoms with Crippen LogP contribution in [0.4, 0.5) is 4.79 Å². The Morgan fingerprint density at radius 1 is 0.405 bits per heavy atom. The average Bonchev–Trinajstić information content (AvgIpc) is 4.00. The van der Waals surface area contributed by atoms with Gasteiger partial charge in [-0.25, -0.2) is 4.79 Å². The van der Waals surface area contributed by atoms with Crippen LogP contribution in [0.3, 0.4) is 0 Å². The van der Waals surface area contributed by atoms with Crippen molar-refractivity contribution in [2.45, 2.75) is 258 Å². The number of carbonyl (C=O) groups is 7. The highest BCUT2D eigenvalue weighted by Crippen LogP contribution is 2.28. The molecule has 2 saturated heterocycles. The van der Waals surface area contributed by atoms with Crippen LogP contribution in [0, 0.1) is 11.8 Å². The standard InChI is InChI=1S/C58H102N2O14/c1-6-10-14-18-22-26-30-52(61)68-41-47(42-69-53(62)31-27-23-19-15-11-7-2)38-56(65)72-45-49-34-35-50(60(49)58(67)74-51-36-37-59(5)40-51)46-73-57(66)39-48(43-70-54(63)32-28-24-20-16-12-8-3)44-71-55(64)33-29-25-21-17-13-9-4/h47-51H,6-46H2,1-5H3/t49-,50+,51?. The van der Waals surface area contributed by atoms with Gasteiger partial charge >= 0.3 is 41.9 Å². The highest BCUT2D eigenvalue weighted by atomic mass is 16.6. The zero-order chi connectivity index (χ0) is 54.0. The topological polar surface area (TPSA) is 191 Å². The van der Waals surface area contributed by atoms with Crippen LogP contribution >= 0.6 is 0 Å². The Bertz CT molecular complexity index is 1390. The number of esters is 6. The molecule has 0 aliphatic carbocycles. The van der Waals surface area contributed by atoms with Gasteiger partial charge in [-0.15, -0.1) is 0 Å². The Balaban J connectivity index is 2.08. The number of unbranched alkanes of at least 4 members (excludes halogenated alkanes) is 20. The number of rotatable bonds is 45. The molecule has 2 rings (SSSR count). The van der Waals surface area contributed by atoms with Gasteiger partial charge in [0, 0.05) is 50.6 Å². The summed E-state index contributed by atoms with van der Waals surface area (Å²) < 4.78 is 39.9. The van der Waals surface area contributed by atoms with Gasteiger partial charge in [0.2, 0.25) is 0 Å². The molecule has 0 aromatic carbocycles. The molecule has 0 spiro atoms. The largest absolute Gasteiger partial charge is 0.465 e. The molecule has 0 aromatic heterocycles. The molecule has 3 atom stereocenters. The molecule has 0 aromatic rings. The van der Waals surface area contributed by atoms with Gasteiger partial charge in [-0.1, -0.05) is 156 Å². The lowest BCUT2D eigenvalue weighted by Crippen LogP contribution is -2.47. The molecule has 2 aliphatic rings. The van der Waals surface area contributed by atoms with E-state index in [4.69, 9.17) is 33.2 Å². The number of hydrogen-bond acceptors (Lipinski definition) is 15. The first-order valence-electron chi connectivity index (χ1n) is 29.5. The van der Waals surface area contributed by atoms with Gasteiger partial charge in [0.1, 0.15) is 19.3 Å². The van der Waals surface area contributed by atoms with Gasteiger partial charge in [-0.05, 0) is 52.0 Å². The Kier molecular flexibility index (Phi) is 38.6. The first-order valence-corrected chi connectivity index (χ1v) is 29.5. The average molecular weight is 1050 g/mol. The summed E-state index contributed by atoms with van der Waals surface area (Å²) in [4.78, 5) is 95.3. The minimum Gasteiger partial charge on any atom is -0.465 e. The van der Waals surface area contributed by atoms with E-state index in [9.17, 15) is 33.6 Å². The number of ether oxygens (including phenoxy) is 7. The summed E-state index contributed by atoms with van der Waals surface area (Å²) in [5, 5.41) is 0. The van der Waals surface area contributed by atoms with Crippen molar-refractivity contribution in [2.24, 2.45) is 11.8 Å². The lowest BCUT2D eigenvalue weighted by atomic mass is 10.1. The zero-order valence-corrected chi connectivity index (χ0v) is 47.0. The highest BCUT2D eigenvalue weighted by molar-refractivity contribution is 5.73. The van der Waals surface area contributed by atoms with E-state index in [1.807, 2.05) is 7.05 Å². The van der Waals surface area contributed by atoms with Gasteiger partial charge in [-0.2, -0.15) is 0 Å². The lowest BCUT2D eigenvalue weighted by molar-refractivity contribution is -0.155. The van der Waals surface area contributed by atoms with E-state index in [-0.39, 0.29) is 108 Å². The molecule has 2 aliphatic heterocycles. The smallest absolute Gasteiger partial charge is 0.410 e. The second-order valence-electron chi connectivity index (χ2n) is 21.2. The van der Waals surface area contributed by atoms with Crippen LogP contribution in [-0.4, -0.2) is 130 Å². The number of likely N-dealkylation sites (tertiary alicyclic amines) is 2. The van der Waals surface area contributed by atoms with E-state index >= 15 is 0 Å². The molecule has 16 heteroatoms. The summed E-state index contributed by atoms with van der Waals surface area (Å²) in [5.41, 5.74) is 0. The van der Waals surface area contributed by atoms with Crippen LogP contribution in [0.25, 0.3) is 0 Å². The minimum absolute atomic E-state index is 0.108. The maximum absolute atomic E-state index is 13.9. The van der Waals surface area contributed by atoms with E-state index in [0.717, 1.165) is 109 Å². The van der Waals surface area contributed by atoms with Crippen molar-refractivity contribution in [3.05, 3.63) is 0 Å². The third kappa shape index (κ3) is 33.2. The van der Waals surface area contributed by atoms with Crippen molar-refractivity contribution in [3.8, 4) is 0 Å². The van der Waals surface area contributed by atoms with Crippen molar-refractivity contribution in [2.75, 3.05) is 59.8 Å². The van der Waals surface area contributed by atoms with Crippen molar-refractivity contribution in [1.29, 1.82) is 0 Å². The van der Waals surface area contributed by atoms with Gasteiger partial charge < -0.3 is 38.1 Å². The molecule has 0 N–H and O–H groups in total. The highest BCUT2D eigenvalue weighted by Gasteiger charge is 2.41. The van der Waals surface area contributed by atoms with Crippen molar-refractivity contribution >= 4 is 41.9 Å². The quantitative estimate of drug-likeness (QED) is 0.0318. The molecule has 428 valence electrons. The molecule has 16 nitrogen and oxygen atoms in total.